The third-order valence-corrected chi connectivity index (χ3v) is 4.95. The van der Waals surface area contributed by atoms with E-state index < -0.39 is 27.9 Å². The Balaban J connectivity index is 3.09. The van der Waals surface area contributed by atoms with E-state index in [9.17, 15) is 17.6 Å². The van der Waals surface area contributed by atoms with Crippen LogP contribution in [0.1, 0.15) is 20.3 Å². The second kappa shape index (κ2) is 6.64. The van der Waals surface area contributed by atoms with Crippen LogP contribution in [0.5, 0.6) is 0 Å². The molecule has 0 radical (unpaired) electrons. The number of carboxylic acid groups (broad SMARTS) is 1. The van der Waals surface area contributed by atoms with E-state index in [0.29, 0.717) is 0 Å². The van der Waals surface area contributed by atoms with Crippen molar-refractivity contribution in [3.05, 3.63) is 28.5 Å². The fourth-order valence-corrected chi connectivity index (χ4v) is 3.78. The summed E-state index contributed by atoms with van der Waals surface area (Å²) in [5.74, 6) is -1.99. The molecule has 1 rings (SSSR count). The van der Waals surface area contributed by atoms with Gasteiger partial charge in [-0.1, -0.05) is 13.8 Å². The number of sulfonamides is 1. The van der Waals surface area contributed by atoms with Crippen LogP contribution >= 0.6 is 15.9 Å². The quantitative estimate of drug-likeness (QED) is 0.808. The highest BCUT2D eigenvalue weighted by Crippen LogP contribution is 2.23. The van der Waals surface area contributed by atoms with Gasteiger partial charge in [0.25, 0.3) is 0 Å². The van der Waals surface area contributed by atoms with Gasteiger partial charge in [0.2, 0.25) is 10.0 Å². The molecule has 20 heavy (non-hydrogen) atoms. The van der Waals surface area contributed by atoms with E-state index in [1.54, 1.807) is 13.8 Å². The first-order valence-corrected chi connectivity index (χ1v) is 8.11. The zero-order valence-electron chi connectivity index (χ0n) is 10.9. The molecule has 8 heteroatoms. The monoisotopic (exact) mass is 367 g/mol. The van der Waals surface area contributed by atoms with Gasteiger partial charge in [0.15, 0.2) is 0 Å². The van der Waals surface area contributed by atoms with Gasteiger partial charge in [0.05, 0.1) is 4.90 Å². The van der Waals surface area contributed by atoms with Gasteiger partial charge in [-0.2, -0.15) is 4.72 Å². The van der Waals surface area contributed by atoms with E-state index in [4.69, 9.17) is 5.11 Å². The lowest BCUT2D eigenvalue weighted by Gasteiger charge is -2.17. The molecule has 0 aliphatic rings. The van der Waals surface area contributed by atoms with Crippen LogP contribution in [0.25, 0.3) is 0 Å². The first kappa shape index (κ1) is 17.1. The van der Waals surface area contributed by atoms with Gasteiger partial charge in [-0.15, -0.1) is 0 Å². The molecule has 1 atom stereocenters. The van der Waals surface area contributed by atoms with Gasteiger partial charge in [-0.05, 0) is 46.5 Å². The number of aliphatic carboxylic acids is 1. The third kappa shape index (κ3) is 4.53. The maximum Gasteiger partial charge on any atom is 0.321 e. The zero-order valence-corrected chi connectivity index (χ0v) is 13.3. The first-order valence-electron chi connectivity index (χ1n) is 5.83. The number of halogens is 2. The lowest BCUT2D eigenvalue weighted by molar-refractivity contribution is -0.139. The first-order chi connectivity index (χ1) is 9.13. The standard InChI is InChI=1S/C12H15BrFNO4S/c1-7(2)5-10(12(16)17)15-20(18,19)11-6-8(14)3-4-9(11)13/h3-4,6-7,10,15H,5H2,1-2H3,(H,16,17)/t10-/m0/s1. The topological polar surface area (TPSA) is 83.5 Å². The number of hydrogen-bond donors (Lipinski definition) is 2. The highest BCUT2D eigenvalue weighted by Gasteiger charge is 2.27. The van der Waals surface area contributed by atoms with E-state index in [2.05, 4.69) is 20.7 Å². The molecule has 0 spiro atoms. The van der Waals surface area contributed by atoms with Crippen LogP contribution in [0.3, 0.4) is 0 Å². The number of hydrogen-bond acceptors (Lipinski definition) is 3. The molecule has 0 aliphatic carbocycles. The highest BCUT2D eigenvalue weighted by molar-refractivity contribution is 9.10. The zero-order chi connectivity index (χ0) is 15.5. The third-order valence-electron chi connectivity index (χ3n) is 2.49. The lowest BCUT2D eigenvalue weighted by Crippen LogP contribution is -2.41. The molecule has 0 saturated carbocycles. The van der Waals surface area contributed by atoms with Crippen molar-refractivity contribution in [1.29, 1.82) is 0 Å². The van der Waals surface area contributed by atoms with Crippen molar-refractivity contribution in [2.24, 2.45) is 5.92 Å². The Kier molecular flexibility index (Phi) is 5.67. The predicted molar refractivity (Wildman–Crippen MR) is 75.3 cm³/mol. The van der Waals surface area contributed by atoms with Crippen molar-refractivity contribution >= 4 is 31.9 Å². The van der Waals surface area contributed by atoms with Crippen LogP contribution in [0, 0.1) is 11.7 Å². The molecular weight excluding hydrogens is 353 g/mol. The molecule has 112 valence electrons. The molecule has 0 aliphatic heterocycles. The molecular formula is C12H15BrFNO4S. The summed E-state index contributed by atoms with van der Waals surface area (Å²) in [5.41, 5.74) is 0. The van der Waals surface area contributed by atoms with Crippen LogP contribution in [0.2, 0.25) is 0 Å². The Hall–Kier alpha value is -0.990. The number of nitrogens with one attached hydrogen (secondary N) is 1. The molecule has 0 fully saturated rings. The van der Waals surface area contributed by atoms with E-state index in [1.807, 2.05) is 0 Å². The molecule has 0 bridgehead atoms. The van der Waals surface area contributed by atoms with Crippen LogP contribution < -0.4 is 4.72 Å². The van der Waals surface area contributed by atoms with E-state index in [-0.39, 0.29) is 21.7 Å². The Morgan fingerprint density at radius 3 is 2.55 bits per heavy atom. The minimum absolute atomic E-state index is 0.00486. The molecule has 1 aromatic rings. The predicted octanol–water partition coefficient (Wildman–Crippen LogP) is 2.37. The van der Waals surface area contributed by atoms with Crippen molar-refractivity contribution < 1.29 is 22.7 Å². The summed E-state index contributed by atoms with van der Waals surface area (Å²) in [6, 6.07) is 1.93. The molecule has 2 N–H and O–H groups in total. The number of rotatable bonds is 6. The molecule has 0 amide bonds. The Morgan fingerprint density at radius 2 is 2.05 bits per heavy atom. The summed E-state index contributed by atoms with van der Waals surface area (Å²) in [5, 5.41) is 9.04. The average molecular weight is 368 g/mol. The fourth-order valence-electron chi connectivity index (χ4n) is 1.60. The van der Waals surface area contributed by atoms with Crippen molar-refractivity contribution in [1.82, 2.24) is 4.72 Å². The normalized spacial score (nSPS) is 13.4. The van der Waals surface area contributed by atoms with E-state index >= 15 is 0 Å². The SMILES string of the molecule is CC(C)C[C@H](NS(=O)(=O)c1cc(F)ccc1Br)C(=O)O. The van der Waals surface area contributed by atoms with Gasteiger partial charge >= 0.3 is 5.97 Å². The largest absolute Gasteiger partial charge is 0.480 e. The Bertz CT molecular complexity index is 603. The summed E-state index contributed by atoms with van der Waals surface area (Å²) in [6.45, 7) is 3.56. The van der Waals surface area contributed by atoms with Crippen LogP contribution in [-0.4, -0.2) is 25.5 Å². The Morgan fingerprint density at radius 1 is 1.45 bits per heavy atom. The summed E-state index contributed by atoms with van der Waals surface area (Å²) < 4.78 is 39.7. The van der Waals surface area contributed by atoms with Gasteiger partial charge in [-0.25, -0.2) is 12.8 Å². The van der Waals surface area contributed by atoms with Crippen LogP contribution in [0.4, 0.5) is 4.39 Å². The van der Waals surface area contributed by atoms with E-state index in [1.165, 1.54) is 6.07 Å². The number of carboxylic acids is 1. The number of benzene rings is 1. The molecule has 1 aromatic carbocycles. The molecule has 0 aromatic heterocycles. The van der Waals surface area contributed by atoms with Crippen molar-refractivity contribution in [3.63, 3.8) is 0 Å². The minimum atomic E-state index is -4.12. The average Bonchev–Trinajstić information content (AvgIpc) is 2.30. The summed E-state index contributed by atoms with van der Waals surface area (Å²) >= 11 is 3.01. The maximum atomic E-state index is 13.2. The maximum absolute atomic E-state index is 13.2. The number of carbonyl (C=O) groups is 1. The van der Waals surface area contributed by atoms with E-state index in [0.717, 1.165) is 12.1 Å². The fraction of sp³-hybridized carbons (Fsp3) is 0.417. The second-order valence-corrected chi connectivity index (χ2v) is 7.25. The smallest absolute Gasteiger partial charge is 0.321 e. The van der Waals surface area contributed by atoms with Crippen molar-refractivity contribution in [2.45, 2.75) is 31.2 Å². The van der Waals surface area contributed by atoms with Gasteiger partial charge < -0.3 is 5.11 Å². The van der Waals surface area contributed by atoms with Gasteiger partial charge in [0.1, 0.15) is 11.9 Å². The Labute approximate surface area is 125 Å². The summed E-state index contributed by atoms with van der Waals surface area (Å²) in [7, 11) is -4.12. The second-order valence-electron chi connectivity index (χ2n) is 4.72. The van der Waals surface area contributed by atoms with Crippen LogP contribution in [-0.2, 0) is 14.8 Å². The molecule has 5 nitrogen and oxygen atoms in total. The molecule has 0 unspecified atom stereocenters. The van der Waals surface area contributed by atoms with Gasteiger partial charge in [-0.3, -0.25) is 4.79 Å². The highest BCUT2D eigenvalue weighted by atomic mass is 79.9. The molecule has 0 saturated heterocycles. The summed E-state index contributed by atoms with van der Waals surface area (Å²) in [4.78, 5) is 10.8. The minimum Gasteiger partial charge on any atom is -0.480 e. The van der Waals surface area contributed by atoms with Gasteiger partial charge in [0, 0.05) is 4.47 Å². The van der Waals surface area contributed by atoms with Crippen molar-refractivity contribution in [3.8, 4) is 0 Å². The van der Waals surface area contributed by atoms with Crippen molar-refractivity contribution in [2.75, 3.05) is 0 Å². The lowest BCUT2D eigenvalue weighted by atomic mass is 10.1. The molecule has 0 heterocycles. The summed E-state index contributed by atoms with van der Waals surface area (Å²) in [6.07, 6.45) is 0.140. The van der Waals surface area contributed by atoms with Crippen LogP contribution in [0.15, 0.2) is 27.6 Å².